The van der Waals surface area contributed by atoms with E-state index in [2.05, 4.69) is 12.3 Å². The molecule has 3 rings (SSSR count). The largest absolute Gasteiger partial charge is 0.257 e. The second-order valence-corrected chi connectivity index (χ2v) is 9.38. The smallest absolute Gasteiger partial charge is 0.227 e. The molecular formula is C19H24N2O2S2. The standard InChI is InChI=1S/C19H24N2O2S2/c1-3-4-10-18-20-21(19(24-18)16-8-6-5-7-9-16)25(22,23)17-13-11-15(2)12-14-17/h5-9,11-14,18-20H,3-4,10H2,1-2H3. The van der Waals surface area contributed by atoms with E-state index in [4.69, 9.17) is 0 Å². The summed E-state index contributed by atoms with van der Waals surface area (Å²) in [5.41, 5.74) is 5.28. The fourth-order valence-electron chi connectivity index (χ4n) is 2.82. The summed E-state index contributed by atoms with van der Waals surface area (Å²) in [6, 6.07) is 16.8. The summed E-state index contributed by atoms with van der Waals surface area (Å²) in [7, 11) is -3.61. The first-order valence-electron chi connectivity index (χ1n) is 8.60. The van der Waals surface area contributed by atoms with Crippen molar-refractivity contribution in [1.29, 1.82) is 0 Å². The van der Waals surface area contributed by atoms with E-state index in [0.29, 0.717) is 4.90 Å². The molecule has 6 heteroatoms. The first kappa shape index (κ1) is 18.5. The number of unbranched alkanes of at least 4 members (excludes halogenated alkanes) is 1. The maximum absolute atomic E-state index is 13.2. The summed E-state index contributed by atoms with van der Waals surface area (Å²) >= 11 is 1.67. The van der Waals surface area contributed by atoms with Gasteiger partial charge in [-0.25, -0.2) is 13.8 Å². The molecule has 4 nitrogen and oxygen atoms in total. The minimum absolute atomic E-state index is 0.102. The average molecular weight is 377 g/mol. The number of thioether (sulfide) groups is 1. The van der Waals surface area contributed by atoms with Crippen LogP contribution in [0.4, 0.5) is 0 Å². The van der Waals surface area contributed by atoms with Crippen LogP contribution in [0, 0.1) is 6.92 Å². The third kappa shape index (κ3) is 4.08. The molecule has 1 heterocycles. The number of sulfonamides is 1. The lowest BCUT2D eigenvalue weighted by Crippen LogP contribution is -2.41. The van der Waals surface area contributed by atoms with Gasteiger partial charge in [-0.2, -0.15) is 0 Å². The highest BCUT2D eigenvalue weighted by molar-refractivity contribution is 8.01. The van der Waals surface area contributed by atoms with Crippen molar-refractivity contribution in [3.8, 4) is 0 Å². The number of hydrogen-bond donors (Lipinski definition) is 1. The first-order chi connectivity index (χ1) is 12.0. The molecule has 1 aliphatic rings. The highest BCUT2D eigenvalue weighted by atomic mass is 32.2. The van der Waals surface area contributed by atoms with Crippen molar-refractivity contribution in [1.82, 2.24) is 9.84 Å². The van der Waals surface area contributed by atoms with Gasteiger partial charge in [0, 0.05) is 0 Å². The van der Waals surface area contributed by atoms with Crippen LogP contribution in [0.25, 0.3) is 0 Å². The molecule has 134 valence electrons. The maximum Gasteiger partial charge on any atom is 0.257 e. The third-order valence-corrected chi connectivity index (χ3v) is 7.51. The van der Waals surface area contributed by atoms with Crippen molar-refractivity contribution in [3.05, 3.63) is 65.7 Å². The van der Waals surface area contributed by atoms with Crippen LogP contribution in [-0.2, 0) is 10.0 Å². The molecule has 2 aromatic carbocycles. The number of aryl methyl sites for hydroxylation is 1. The molecule has 25 heavy (non-hydrogen) atoms. The number of benzene rings is 2. The van der Waals surface area contributed by atoms with Crippen LogP contribution >= 0.6 is 11.8 Å². The van der Waals surface area contributed by atoms with E-state index in [1.807, 2.05) is 49.4 Å². The Morgan fingerprint density at radius 2 is 1.76 bits per heavy atom. The molecule has 0 bridgehead atoms. The molecule has 2 aromatic rings. The fraction of sp³-hybridized carbons (Fsp3) is 0.368. The lowest BCUT2D eigenvalue weighted by Gasteiger charge is -2.23. The van der Waals surface area contributed by atoms with Gasteiger partial charge < -0.3 is 0 Å². The predicted octanol–water partition coefficient (Wildman–Crippen LogP) is 4.45. The van der Waals surface area contributed by atoms with Gasteiger partial charge in [-0.1, -0.05) is 67.8 Å². The summed E-state index contributed by atoms with van der Waals surface area (Å²) in [6.45, 7) is 4.10. The zero-order chi connectivity index (χ0) is 17.9. The van der Waals surface area contributed by atoms with Crippen molar-refractivity contribution in [2.24, 2.45) is 0 Å². The second kappa shape index (κ2) is 7.91. The molecule has 1 aliphatic heterocycles. The Bertz CT molecular complexity index is 792. The van der Waals surface area contributed by atoms with Gasteiger partial charge in [-0.15, -0.1) is 16.2 Å². The minimum Gasteiger partial charge on any atom is -0.227 e. The van der Waals surface area contributed by atoms with Gasteiger partial charge >= 0.3 is 0 Å². The number of nitrogens with zero attached hydrogens (tertiary/aromatic N) is 1. The molecule has 1 fully saturated rings. The zero-order valence-corrected chi connectivity index (χ0v) is 16.2. The molecule has 1 N–H and O–H groups in total. The van der Waals surface area contributed by atoms with Crippen LogP contribution < -0.4 is 5.43 Å². The lowest BCUT2D eigenvalue weighted by atomic mass is 10.2. The predicted molar refractivity (Wildman–Crippen MR) is 103 cm³/mol. The molecule has 2 atom stereocenters. The summed E-state index contributed by atoms with van der Waals surface area (Å²) in [4.78, 5) is 0.322. The molecule has 0 saturated carbocycles. The van der Waals surface area contributed by atoms with Crippen LogP contribution in [0.1, 0.15) is 42.7 Å². The van der Waals surface area contributed by atoms with E-state index in [1.54, 1.807) is 23.9 Å². The number of nitrogens with one attached hydrogen (secondary N) is 1. The quantitative estimate of drug-likeness (QED) is 0.809. The van der Waals surface area contributed by atoms with Crippen molar-refractivity contribution in [2.75, 3.05) is 0 Å². The third-order valence-electron chi connectivity index (χ3n) is 4.26. The lowest BCUT2D eigenvalue weighted by molar-refractivity contribution is 0.314. The molecule has 0 aromatic heterocycles. The topological polar surface area (TPSA) is 49.4 Å². The maximum atomic E-state index is 13.2. The minimum atomic E-state index is -3.61. The second-order valence-electron chi connectivity index (χ2n) is 6.27. The van der Waals surface area contributed by atoms with E-state index < -0.39 is 10.0 Å². The van der Waals surface area contributed by atoms with Crippen LogP contribution in [0.5, 0.6) is 0 Å². The Labute approximate surface area is 154 Å². The number of hydrogen-bond acceptors (Lipinski definition) is 4. The van der Waals surface area contributed by atoms with Gasteiger partial charge in [0.15, 0.2) is 0 Å². The monoisotopic (exact) mass is 376 g/mol. The van der Waals surface area contributed by atoms with E-state index in [-0.39, 0.29) is 10.7 Å². The van der Waals surface area contributed by atoms with E-state index in [1.165, 1.54) is 4.41 Å². The Balaban J connectivity index is 1.93. The molecular weight excluding hydrogens is 352 g/mol. The molecule has 0 radical (unpaired) electrons. The first-order valence-corrected chi connectivity index (χ1v) is 11.0. The molecule has 1 saturated heterocycles. The summed E-state index contributed by atoms with van der Waals surface area (Å²) < 4.78 is 27.8. The van der Waals surface area contributed by atoms with Gasteiger partial charge in [-0.3, -0.25) is 0 Å². The van der Waals surface area contributed by atoms with Crippen molar-refractivity contribution in [2.45, 2.75) is 48.8 Å². The highest BCUT2D eigenvalue weighted by Gasteiger charge is 2.41. The van der Waals surface area contributed by atoms with Crippen LogP contribution in [0.3, 0.4) is 0 Å². The average Bonchev–Trinajstić information content (AvgIpc) is 3.06. The Morgan fingerprint density at radius 1 is 1.08 bits per heavy atom. The summed E-state index contributed by atoms with van der Waals surface area (Å²) in [5.74, 6) is 0. The van der Waals surface area contributed by atoms with Crippen LogP contribution in [0.15, 0.2) is 59.5 Å². The number of rotatable bonds is 6. The fourth-order valence-corrected chi connectivity index (χ4v) is 6.00. The summed E-state index contributed by atoms with van der Waals surface area (Å²) in [5, 5.41) is -0.153. The highest BCUT2D eigenvalue weighted by Crippen LogP contribution is 2.43. The van der Waals surface area contributed by atoms with E-state index >= 15 is 0 Å². The van der Waals surface area contributed by atoms with Gasteiger partial charge in [0.05, 0.1) is 10.3 Å². The van der Waals surface area contributed by atoms with Gasteiger partial charge in [0.1, 0.15) is 5.37 Å². The Hall–Kier alpha value is -1.34. The molecule has 0 amide bonds. The summed E-state index contributed by atoms with van der Waals surface area (Å²) in [6.07, 6.45) is 3.12. The van der Waals surface area contributed by atoms with Gasteiger partial charge in [-0.05, 0) is 31.0 Å². The van der Waals surface area contributed by atoms with Crippen LogP contribution in [0.2, 0.25) is 0 Å². The van der Waals surface area contributed by atoms with E-state index in [0.717, 1.165) is 30.4 Å². The van der Waals surface area contributed by atoms with Gasteiger partial charge in [0.2, 0.25) is 0 Å². The van der Waals surface area contributed by atoms with E-state index in [9.17, 15) is 8.42 Å². The SMILES string of the molecule is CCCCC1NN(S(=O)(=O)c2ccc(C)cc2)C(c2ccccc2)S1. The molecule has 0 aliphatic carbocycles. The Kier molecular flexibility index (Phi) is 5.84. The molecule has 2 unspecified atom stereocenters. The van der Waals surface area contributed by atoms with Crippen molar-refractivity contribution >= 4 is 21.8 Å². The molecule has 0 spiro atoms. The normalized spacial score (nSPS) is 21.5. The van der Waals surface area contributed by atoms with Gasteiger partial charge in [0.25, 0.3) is 10.0 Å². The number of hydrazine groups is 1. The Morgan fingerprint density at radius 3 is 2.40 bits per heavy atom. The zero-order valence-electron chi connectivity index (χ0n) is 14.6. The van der Waals surface area contributed by atoms with Crippen molar-refractivity contribution < 1.29 is 8.42 Å². The van der Waals surface area contributed by atoms with Crippen LogP contribution in [-0.4, -0.2) is 18.2 Å². The van der Waals surface area contributed by atoms with Crippen molar-refractivity contribution in [3.63, 3.8) is 0 Å².